The molecule has 1 saturated heterocycles. The average Bonchev–Trinajstić information content (AvgIpc) is 3.18. The summed E-state index contributed by atoms with van der Waals surface area (Å²) in [6, 6.07) is 15.4. The lowest BCUT2D eigenvalue weighted by Crippen LogP contribution is -2.82. The summed E-state index contributed by atoms with van der Waals surface area (Å²) < 4.78 is 42.7. The van der Waals surface area contributed by atoms with E-state index in [1.54, 1.807) is 109 Å². The van der Waals surface area contributed by atoms with Crippen LogP contribution in [0.25, 0.3) is 0 Å². The fourth-order valence-corrected chi connectivity index (χ4v) is 10.2. The maximum absolute atomic E-state index is 15.6. The third-order valence-corrected chi connectivity index (χ3v) is 13.2. The van der Waals surface area contributed by atoms with Crippen LogP contribution < -0.4 is 5.32 Å². The molecule has 4 N–H and O–H groups in total. The fourth-order valence-electron chi connectivity index (χ4n) is 10.2. The van der Waals surface area contributed by atoms with Gasteiger partial charge in [0.25, 0.3) is 0 Å². The number of nitrogens with one attached hydrogen (secondary N) is 1. The van der Waals surface area contributed by atoms with E-state index in [0.29, 0.717) is 16.7 Å². The Balaban J connectivity index is 1.52. The normalized spacial score (nSPS) is 33.6. The Hall–Kier alpha value is -4.22. The molecule has 2 saturated carbocycles. The molecular formula is C45H59NO14. The Morgan fingerprint density at radius 3 is 2.12 bits per heavy atom. The molecule has 0 spiro atoms. The van der Waals surface area contributed by atoms with E-state index in [4.69, 9.17) is 33.2 Å². The van der Waals surface area contributed by atoms with Crippen molar-refractivity contribution in [2.24, 2.45) is 16.7 Å². The van der Waals surface area contributed by atoms with Crippen molar-refractivity contribution < 1.29 is 67.7 Å². The molecule has 1 aliphatic heterocycles. The number of aliphatic hydroxyl groups excluding tert-OH is 2. The van der Waals surface area contributed by atoms with Crippen molar-refractivity contribution in [1.82, 2.24) is 5.32 Å². The van der Waals surface area contributed by atoms with E-state index in [2.05, 4.69) is 5.32 Å². The van der Waals surface area contributed by atoms with E-state index in [1.165, 1.54) is 21.1 Å². The predicted molar refractivity (Wildman–Crippen MR) is 214 cm³/mol. The summed E-state index contributed by atoms with van der Waals surface area (Å²) in [5.41, 5.74) is -6.42. The summed E-state index contributed by atoms with van der Waals surface area (Å²) in [6.45, 7) is 12.9. The highest BCUT2D eigenvalue weighted by Crippen LogP contribution is 2.64. The summed E-state index contributed by atoms with van der Waals surface area (Å²) >= 11 is 0. The zero-order chi connectivity index (χ0) is 44.2. The second-order valence-electron chi connectivity index (χ2n) is 18.1. The first-order valence-corrected chi connectivity index (χ1v) is 20.2. The summed E-state index contributed by atoms with van der Waals surface area (Å²) in [4.78, 5) is 55.9. The van der Waals surface area contributed by atoms with Crippen LogP contribution in [0.4, 0.5) is 4.79 Å². The second-order valence-corrected chi connectivity index (χ2v) is 18.1. The monoisotopic (exact) mass is 839 g/mol. The number of alkyl carbamates (subject to hydrolysis) is 1. The zero-order valence-corrected chi connectivity index (χ0v) is 35.9. The van der Waals surface area contributed by atoms with Crippen molar-refractivity contribution in [3.05, 3.63) is 82.9 Å². The number of amides is 1. The molecule has 60 heavy (non-hydrogen) atoms. The SMILES string of the molecule is CO[C@H]1C(=O)[C@]2(C)[C@@H](OC)C[C@H]3OC[C@@]3(OC(C)=O)[C@H]2[C@H](OC(=O)c2ccccc2)[C@]2(O)CC(OC(O)[C@H](O)[14C@H](NC(=O)OC(C)(C)C)c3ccccc3)C(C)=C1C2(C)C. The molecule has 2 bridgehead atoms. The van der Waals surface area contributed by atoms with Crippen molar-refractivity contribution in [1.29, 1.82) is 0 Å². The number of ketones is 1. The second kappa shape index (κ2) is 16.6. The van der Waals surface area contributed by atoms with Gasteiger partial charge in [-0.05, 0) is 63.5 Å². The van der Waals surface area contributed by atoms with Gasteiger partial charge in [0.1, 0.15) is 35.6 Å². The number of carbonyl (C=O) groups excluding carboxylic acids is 4. The number of Topliss-reactive ketones (excluding diaryl/α,β-unsaturated/α-hetero) is 1. The summed E-state index contributed by atoms with van der Waals surface area (Å²) in [5.74, 6) is -3.27. The van der Waals surface area contributed by atoms with Gasteiger partial charge in [0, 0.05) is 39.4 Å². The molecule has 328 valence electrons. The highest BCUT2D eigenvalue weighted by molar-refractivity contribution is 5.94. The lowest BCUT2D eigenvalue weighted by atomic mass is 9.44. The Morgan fingerprint density at radius 1 is 0.967 bits per heavy atom. The molecule has 3 fully saturated rings. The van der Waals surface area contributed by atoms with Crippen molar-refractivity contribution in [3.8, 4) is 0 Å². The molecule has 3 aliphatic carbocycles. The van der Waals surface area contributed by atoms with Crippen molar-refractivity contribution >= 4 is 23.8 Å². The highest BCUT2D eigenvalue weighted by atomic mass is 16.6. The van der Waals surface area contributed by atoms with Crippen LogP contribution in [-0.4, -0.2) is 120 Å². The van der Waals surface area contributed by atoms with Crippen molar-refractivity contribution in [2.75, 3.05) is 20.8 Å². The Labute approximate surface area is 350 Å². The first-order chi connectivity index (χ1) is 28.1. The van der Waals surface area contributed by atoms with Gasteiger partial charge in [-0.2, -0.15) is 0 Å². The van der Waals surface area contributed by atoms with E-state index in [-0.39, 0.29) is 25.0 Å². The minimum atomic E-state index is -2.18. The molecule has 2 unspecified atom stereocenters. The number of hydrogen-bond donors (Lipinski definition) is 4. The number of hydrogen-bond acceptors (Lipinski definition) is 14. The van der Waals surface area contributed by atoms with Crippen LogP contribution in [0.2, 0.25) is 0 Å². The van der Waals surface area contributed by atoms with Crippen molar-refractivity contribution in [2.45, 2.75) is 134 Å². The quantitative estimate of drug-likeness (QED) is 0.108. The molecule has 0 radical (unpaired) electrons. The van der Waals surface area contributed by atoms with Crippen molar-refractivity contribution in [3.63, 3.8) is 0 Å². The van der Waals surface area contributed by atoms with E-state index in [0.717, 1.165) is 0 Å². The molecule has 2 aromatic carbocycles. The van der Waals surface area contributed by atoms with Crippen LogP contribution in [0.3, 0.4) is 0 Å². The van der Waals surface area contributed by atoms with Gasteiger partial charge < -0.3 is 53.8 Å². The molecule has 1 amide bonds. The van der Waals surface area contributed by atoms with Gasteiger partial charge in [0.2, 0.25) is 0 Å². The van der Waals surface area contributed by atoms with E-state index in [9.17, 15) is 29.7 Å². The topological polar surface area (TPSA) is 206 Å². The zero-order valence-electron chi connectivity index (χ0n) is 35.9. The third-order valence-electron chi connectivity index (χ3n) is 13.2. The number of rotatable bonds is 11. The van der Waals surface area contributed by atoms with E-state index in [1.807, 2.05) is 0 Å². The lowest BCUT2D eigenvalue weighted by molar-refractivity contribution is -0.348. The van der Waals surface area contributed by atoms with Crippen LogP contribution in [0.15, 0.2) is 71.8 Å². The van der Waals surface area contributed by atoms with E-state index < -0.39 is 106 Å². The number of fused-ring (bicyclic) bond motifs is 5. The van der Waals surface area contributed by atoms with Crippen LogP contribution >= 0.6 is 0 Å². The van der Waals surface area contributed by atoms with Gasteiger partial charge in [-0.3, -0.25) is 9.59 Å². The molecule has 15 nitrogen and oxygen atoms in total. The maximum atomic E-state index is 15.6. The van der Waals surface area contributed by atoms with Gasteiger partial charge in [-0.15, -0.1) is 0 Å². The molecule has 6 rings (SSSR count). The average molecular weight is 840 g/mol. The number of carbonyl (C=O) groups is 4. The van der Waals surface area contributed by atoms with Gasteiger partial charge >= 0.3 is 18.0 Å². The smallest absolute Gasteiger partial charge is 0.408 e. The van der Waals surface area contributed by atoms with Crippen LogP contribution in [0, 0.1) is 16.7 Å². The summed E-state index contributed by atoms with van der Waals surface area (Å²) in [6.07, 6.45) is -10.8. The fraction of sp³-hybridized carbons (Fsp3) is 0.600. The van der Waals surface area contributed by atoms with Crippen LogP contribution in [0.1, 0.15) is 90.2 Å². The van der Waals surface area contributed by atoms with Gasteiger partial charge in [0.15, 0.2) is 17.7 Å². The summed E-state index contributed by atoms with van der Waals surface area (Å²) in [7, 11) is 2.81. The Kier molecular flexibility index (Phi) is 12.5. The molecule has 4 aliphatic rings. The number of aliphatic hydroxyl groups is 3. The van der Waals surface area contributed by atoms with Crippen LogP contribution in [-0.2, 0) is 42.7 Å². The standard InChI is InChI=1S/C45H59NO14/c1-24-28(57-39(51)33(48)32(26-17-13-11-14-18-26)46-40(52)60-41(3,4)5)22-45(53)37(58-38(50)27-19-15-12-16-20-27)35-43(8,36(49)34(55-10)31(24)42(45,6)7)29(54-9)21-30-44(35,23-56-30)59-25(2)47/h11-20,28-30,32-35,37,39,48,51,53H,21-23H2,1-10H3,(H,46,52)/t28?,29-,30+,32+,33+,34+,35-,37-,39?,43+,44-,45+/m0/s1/i32+2. The first kappa shape index (κ1) is 45.3. The summed E-state index contributed by atoms with van der Waals surface area (Å²) in [5, 5.41) is 39.9. The molecule has 2 aromatic rings. The van der Waals surface area contributed by atoms with E-state index >= 15 is 4.79 Å². The van der Waals surface area contributed by atoms with Gasteiger partial charge in [0.05, 0.1) is 41.8 Å². The number of ether oxygens (including phenoxy) is 7. The molecule has 12 atom stereocenters. The first-order valence-electron chi connectivity index (χ1n) is 20.2. The molecule has 0 aromatic heterocycles. The largest absolute Gasteiger partial charge is 0.455 e. The number of methoxy groups -OCH3 is 2. The van der Waals surface area contributed by atoms with Crippen LogP contribution in [0.5, 0.6) is 0 Å². The molecule has 15 heteroatoms. The Morgan fingerprint density at radius 2 is 1.58 bits per heavy atom. The highest BCUT2D eigenvalue weighted by Gasteiger charge is 2.78. The number of esters is 2. The van der Waals surface area contributed by atoms with Gasteiger partial charge in [-0.1, -0.05) is 62.4 Å². The minimum absolute atomic E-state index is 0.133. The molecular weight excluding hydrogens is 780 g/mol. The predicted octanol–water partition coefficient (Wildman–Crippen LogP) is 4.36. The van der Waals surface area contributed by atoms with Gasteiger partial charge in [-0.25, -0.2) is 9.59 Å². The molecule has 1 heterocycles. The minimum Gasteiger partial charge on any atom is -0.455 e. The maximum Gasteiger partial charge on any atom is 0.408 e. The third kappa shape index (κ3) is 7.67. The number of benzene rings is 2. The Bertz CT molecular complexity index is 1960. The lowest BCUT2D eigenvalue weighted by Gasteiger charge is -2.68.